The minimum Gasteiger partial charge on any atom is -0.298 e. The second-order valence-corrected chi connectivity index (χ2v) is 1.84. The number of rotatable bonds is 2. The molecule has 0 radical (unpaired) electrons. The van der Waals surface area contributed by atoms with Gasteiger partial charge in [0, 0.05) is 11.8 Å². The van der Waals surface area contributed by atoms with Crippen molar-refractivity contribution in [3.05, 3.63) is 36.2 Å². The van der Waals surface area contributed by atoms with Gasteiger partial charge in [-0.3, -0.25) is 9.78 Å². The lowest BCUT2D eigenvalue weighted by Gasteiger charge is -1.90. The lowest BCUT2D eigenvalue weighted by molar-refractivity contribution is 0.112. The first-order chi connectivity index (χ1) is 4.86. The van der Waals surface area contributed by atoms with E-state index in [0.29, 0.717) is 5.56 Å². The molecule has 1 heterocycles. The Balaban J connectivity index is 3.09. The first kappa shape index (κ1) is 6.68. The molecule has 0 N–H and O–H groups in total. The highest BCUT2D eigenvalue weighted by Gasteiger charge is 1.89. The van der Waals surface area contributed by atoms with Crippen LogP contribution < -0.4 is 0 Å². The van der Waals surface area contributed by atoms with E-state index in [4.69, 9.17) is 0 Å². The molecule has 0 aromatic carbocycles. The van der Waals surface area contributed by atoms with Gasteiger partial charge in [0.15, 0.2) is 0 Å². The fraction of sp³-hybridized carbons (Fsp3) is 0. The van der Waals surface area contributed by atoms with Crippen LogP contribution in [-0.4, -0.2) is 11.3 Å². The van der Waals surface area contributed by atoms with Crippen molar-refractivity contribution >= 4 is 12.4 Å². The number of hydrogen-bond acceptors (Lipinski definition) is 2. The molecule has 0 fully saturated rings. The number of hydrogen-bond donors (Lipinski definition) is 0. The molecule has 0 unspecified atom stereocenters. The molecule has 2 nitrogen and oxygen atoms in total. The summed E-state index contributed by atoms with van der Waals surface area (Å²) in [7, 11) is 0. The van der Waals surface area contributed by atoms with Crippen LogP contribution in [0.3, 0.4) is 0 Å². The van der Waals surface area contributed by atoms with Crippen LogP contribution >= 0.6 is 0 Å². The molecule has 0 aliphatic rings. The Labute approximate surface area is 59.2 Å². The molecule has 0 saturated carbocycles. The summed E-state index contributed by atoms with van der Waals surface area (Å²) in [4.78, 5) is 14.1. The third kappa shape index (κ3) is 1.29. The predicted octanol–water partition coefficient (Wildman–Crippen LogP) is 1.54. The standard InChI is InChI=1S/C8H7NO/c1-2-8-5-7(6-10)3-4-9-8/h2-6H,1H2. The minimum atomic E-state index is 0.630. The number of nitrogens with zero attached hydrogens (tertiary/aromatic N) is 1. The van der Waals surface area contributed by atoms with E-state index in [-0.39, 0.29) is 0 Å². The monoisotopic (exact) mass is 133 g/mol. The van der Waals surface area contributed by atoms with Gasteiger partial charge in [-0.1, -0.05) is 6.58 Å². The van der Waals surface area contributed by atoms with Gasteiger partial charge in [-0.25, -0.2) is 0 Å². The molecular weight excluding hydrogens is 126 g/mol. The summed E-state index contributed by atoms with van der Waals surface area (Å²) in [5.41, 5.74) is 1.36. The van der Waals surface area contributed by atoms with Crippen molar-refractivity contribution in [3.8, 4) is 0 Å². The lowest BCUT2D eigenvalue weighted by atomic mass is 10.2. The van der Waals surface area contributed by atoms with E-state index >= 15 is 0 Å². The number of carbonyl (C=O) groups excluding carboxylic acids is 1. The average molecular weight is 133 g/mol. The van der Waals surface area contributed by atoms with Crippen molar-refractivity contribution in [2.45, 2.75) is 0 Å². The van der Waals surface area contributed by atoms with E-state index in [9.17, 15) is 4.79 Å². The summed E-state index contributed by atoms with van der Waals surface area (Å²) in [6.45, 7) is 3.53. The molecule has 0 aliphatic heterocycles. The van der Waals surface area contributed by atoms with E-state index < -0.39 is 0 Å². The molecule has 10 heavy (non-hydrogen) atoms. The molecular formula is C8H7NO. The maximum Gasteiger partial charge on any atom is 0.150 e. The van der Waals surface area contributed by atoms with Gasteiger partial charge in [-0.2, -0.15) is 0 Å². The Morgan fingerprint density at radius 1 is 1.60 bits per heavy atom. The predicted molar refractivity (Wildman–Crippen MR) is 39.7 cm³/mol. The summed E-state index contributed by atoms with van der Waals surface area (Å²) >= 11 is 0. The van der Waals surface area contributed by atoms with Gasteiger partial charge >= 0.3 is 0 Å². The number of aldehydes is 1. The summed E-state index contributed by atoms with van der Waals surface area (Å²) in [6.07, 6.45) is 3.97. The van der Waals surface area contributed by atoms with Crippen molar-refractivity contribution in [1.82, 2.24) is 4.98 Å². The van der Waals surface area contributed by atoms with Crippen molar-refractivity contribution in [3.63, 3.8) is 0 Å². The molecule has 2 heteroatoms. The van der Waals surface area contributed by atoms with Gasteiger partial charge in [0.25, 0.3) is 0 Å². The molecule has 0 spiro atoms. The second kappa shape index (κ2) is 2.92. The Kier molecular flexibility index (Phi) is 1.95. The minimum absolute atomic E-state index is 0.630. The summed E-state index contributed by atoms with van der Waals surface area (Å²) in [5, 5.41) is 0. The zero-order valence-electron chi connectivity index (χ0n) is 5.45. The van der Waals surface area contributed by atoms with Gasteiger partial charge in [-0.15, -0.1) is 0 Å². The van der Waals surface area contributed by atoms with Crippen molar-refractivity contribution < 1.29 is 4.79 Å². The third-order valence-electron chi connectivity index (χ3n) is 1.15. The first-order valence-electron chi connectivity index (χ1n) is 2.90. The Morgan fingerprint density at radius 2 is 2.40 bits per heavy atom. The number of pyridine rings is 1. The van der Waals surface area contributed by atoms with Crippen LogP contribution in [-0.2, 0) is 0 Å². The maximum atomic E-state index is 10.2. The van der Waals surface area contributed by atoms with Crippen LogP contribution in [0.5, 0.6) is 0 Å². The van der Waals surface area contributed by atoms with E-state index in [1.165, 1.54) is 0 Å². The summed E-state index contributed by atoms with van der Waals surface area (Å²) < 4.78 is 0. The highest BCUT2D eigenvalue weighted by molar-refractivity contribution is 5.75. The topological polar surface area (TPSA) is 30.0 Å². The average Bonchev–Trinajstić information content (AvgIpc) is 2.05. The van der Waals surface area contributed by atoms with Crippen molar-refractivity contribution in [2.24, 2.45) is 0 Å². The largest absolute Gasteiger partial charge is 0.298 e. The molecule has 0 bridgehead atoms. The van der Waals surface area contributed by atoms with E-state index in [0.717, 1.165) is 12.0 Å². The van der Waals surface area contributed by atoms with Crippen LogP contribution in [0, 0.1) is 0 Å². The summed E-state index contributed by atoms with van der Waals surface area (Å²) in [5.74, 6) is 0. The third-order valence-corrected chi connectivity index (χ3v) is 1.15. The van der Waals surface area contributed by atoms with E-state index in [2.05, 4.69) is 11.6 Å². The fourth-order valence-corrected chi connectivity index (χ4v) is 0.650. The molecule has 0 amide bonds. The smallest absolute Gasteiger partial charge is 0.150 e. The van der Waals surface area contributed by atoms with Crippen LogP contribution in [0.25, 0.3) is 6.08 Å². The second-order valence-electron chi connectivity index (χ2n) is 1.84. The Hall–Kier alpha value is -1.44. The molecule has 0 atom stereocenters. The van der Waals surface area contributed by atoms with Gasteiger partial charge in [-0.05, 0) is 18.2 Å². The molecule has 0 aliphatic carbocycles. The maximum absolute atomic E-state index is 10.2. The molecule has 50 valence electrons. The van der Waals surface area contributed by atoms with E-state index in [1.807, 2.05) is 0 Å². The highest BCUT2D eigenvalue weighted by atomic mass is 16.1. The van der Waals surface area contributed by atoms with E-state index in [1.54, 1.807) is 24.4 Å². The zero-order valence-corrected chi connectivity index (χ0v) is 5.45. The van der Waals surface area contributed by atoms with Crippen molar-refractivity contribution in [2.75, 3.05) is 0 Å². The van der Waals surface area contributed by atoms with Crippen LogP contribution in [0.1, 0.15) is 16.1 Å². The Morgan fingerprint density at radius 3 is 3.00 bits per heavy atom. The van der Waals surface area contributed by atoms with Gasteiger partial charge in [0.2, 0.25) is 0 Å². The van der Waals surface area contributed by atoms with Crippen LogP contribution in [0.2, 0.25) is 0 Å². The highest BCUT2D eigenvalue weighted by Crippen LogP contribution is 1.98. The molecule has 0 saturated heterocycles. The Bertz CT molecular complexity index is 232. The SMILES string of the molecule is C=Cc1cc(C=O)ccn1. The quantitative estimate of drug-likeness (QED) is 0.573. The first-order valence-corrected chi connectivity index (χ1v) is 2.90. The van der Waals surface area contributed by atoms with Gasteiger partial charge in [0.05, 0.1) is 5.69 Å². The van der Waals surface area contributed by atoms with Gasteiger partial charge in [0.1, 0.15) is 6.29 Å². The lowest BCUT2D eigenvalue weighted by Crippen LogP contribution is -1.83. The van der Waals surface area contributed by atoms with Crippen LogP contribution in [0.15, 0.2) is 24.9 Å². The fourth-order valence-electron chi connectivity index (χ4n) is 0.650. The van der Waals surface area contributed by atoms with Crippen LogP contribution in [0.4, 0.5) is 0 Å². The number of aromatic nitrogens is 1. The number of carbonyl (C=O) groups is 1. The zero-order chi connectivity index (χ0) is 7.40. The van der Waals surface area contributed by atoms with Gasteiger partial charge < -0.3 is 0 Å². The molecule has 1 rings (SSSR count). The molecule has 1 aromatic rings. The summed E-state index contributed by atoms with van der Waals surface area (Å²) in [6, 6.07) is 3.33. The molecule has 1 aromatic heterocycles. The normalized spacial score (nSPS) is 8.80. The van der Waals surface area contributed by atoms with Crippen molar-refractivity contribution in [1.29, 1.82) is 0 Å².